The number of allylic oxidation sites excluding steroid dienone is 1. The number of rotatable bonds is 5. The molecule has 5 heterocycles. The number of nitrogens with zero attached hydrogens (tertiary/aromatic N) is 3. The number of aromatic nitrogens is 3. The van der Waals surface area contributed by atoms with E-state index in [0.29, 0.717) is 0 Å². The van der Waals surface area contributed by atoms with Gasteiger partial charge in [0.05, 0.1) is 14.0 Å². The molecule has 0 saturated carbocycles. The van der Waals surface area contributed by atoms with Gasteiger partial charge in [0.2, 0.25) is 11.7 Å². The van der Waals surface area contributed by atoms with Crippen LogP contribution in [0.2, 0.25) is 19.6 Å². The van der Waals surface area contributed by atoms with E-state index in [0.717, 1.165) is 62.9 Å². The molecule has 342 valence electrons. The Morgan fingerprint density at radius 1 is 0.643 bits per heavy atom. The summed E-state index contributed by atoms with van der Waals surface area (Å²) in [5.41, 5.74) is 18.0. The molecule has 2 aliphatic heterocycles. The van der Waals surface area contributed by atoms with Gasteiger partial charge >= 0.3 is 5.82 Å². The van der Waals surface area contributed by atoms with Crippen molar-refractivity contribution >= 4 is 73.5 Å². The second-order valence-electron chi connectivity index (χ2n) is 21.7. The molecule has 0 N–H and O–H groups in total. The average Bonchev–Trinajstić information content (AvgIpc) is 3.92. The number of fused-ring (bicyclic) bond motifs is 18. The van der Waals surface area contributed by atoms with E-state index in [9.17, 15) is 0 Å². The first-order valence-electron chi connectivity index (χ1n) is 25.4. The highest BCUT2D eigenvalue weighted by atomic mass is 28.3. The highest BCUT2D eigenvalue weighted by Crippen LogP contribution is 2.49. The Labute approximate surface area is 411 Å². The van der Waals surface area contributed by atoms with E-state index in [2.05, 4.69) is 231 Å². The summed E-state index contributed by atoms with van der Waals surface area (Å²) in [6, 6.07) is 61.5. The van der Waals surface area contributed by atoms with Gasteiger partial charge in [-0.05, 0) is 118 Å². The minimum atomic E-state index is -1.72. The molecule has 0 fully saturated rings. The zero-order valence-corrected chi connectivity index (χ0v) is 42.3. The van der Waals surface area contributed by atoms with Crippen molar-refractivity contribution in [3.63, 3.8) is 0 Å². The van der Waals surface area contributed by atoms with Crippen LogP contribution in [0.4, 0.5) is 0 Å². The first-order chi connectivity index (χ1) is 33.9. The molecule has 0 bridgehead atoms. The van der Waals surface area contributed by atoms with Crippen molar-refractivity contribution in [2.24, 2.45) is 0 Å². The number of para-hydroxylation sites is 2. The zero-order valence-electron chi connectivity index (χ0n) is 41.3. The number of furan rings is 1. The number of benzene rings is 8. The molecule has 0 aliphatic carbocycles. The van der Waals surface area contributed by atoms with Crippen LogP contribution >= 0.6 is 0 Å². The minimum Gasteiger partial charge on any atom is -0.455 e. The molecular weight excluding hydrogens is 867 g/mol. The SMILES string of the molecule is C=C1C2C(CCc3ccc4c(oc5cc6c(ccc7ccccc76)cc54)c3-c3n(-c4c(C(C)C)cc(-c5ccccc5)cc4C(C)C)c4ccccc4[n+]31)c1ccccc1-c1ccc([Si](C)(C)C)c[n+]12. The molecule has 0 saturated heterocycles. The second kappa shape index (κ2) is 15.8. The lowest BCUT2D eigenvalue weighted by molar-refractivity contribution is -0.723. The molecule has 8 aromatic carbocycles. The van der Waals surface area contributed by atoms with Crippen molar-refractivity contribution in [1.82, 2.24) is 4.57 Å². The molecule has 3 aromatic heterocycles. The standard InChI is InChI=1S/C65H59N3OSi/c1-39(2)53-35-46(42-18-10-9-11-19-42)36-54(40(3)4)63(53)68-59-25-17-16-24-58(59)67-41(5)62-51(49-22-14-15-23-50(49)57-33-30-47(38-66(57)62)70(6,7)8)31-28-44-29-32-52-56-34-45-27-26-43-20-12-13-21-48(43)55(45)37-60(56)69-64(52)61(44)65(67)68/h9-27,29-30,32-40,51,62H,5,28,31H2,1-4,6-8H3/q+2. The summed E-state index contributed by atoms with van der Waals surface area (Å²) < 4.78 is 15.3. The van der Waals surface area contributed by atoms with Crippen LogP contribution in [-0.4, -0.2) is 12.6 Å². The highest BCUT2D eigenvalue weighted by molar-refractivity contribution is 6.88. The predicted molar refractivity (Wildman–Crippen MR) is 295 cm³/mol. The van der Waals surface area contributed by atoms with Crippen molar-refractivity contribution in [3.8, 4) is 39.5 Å². The molecule has 5 heteroatoms. The molecule has 0 amide bonds. The Hall–Kier alpha value is -7.34. The molecule has 4 nitrogen and oxygen atoms in total. The lowest BCUT2D eigenvalue weighted by atomic mass is 9.78. The van der Waals surface area contributed by atoms with Crippen LogP contribution in [0, 0.1) is 0 Å². The van der Waals surface area contributed by atoms with Gasteiger partial charge in [-0.1, -0.05) is 163 Å². The number of aryl methyl sites for hydroxylation is 1. The first-order valence-corrected chi connectivity index (χ1v) is 28.9. The van der Waals surface area contributed by atoms with Crippen LogP contribution in [-0.2, 0) is 6.42 Å². The van der Waals surface area contributed by atoms with Gasteiger partial charge < -0.3 is 4.42 Å². The molecule has 11 aromatic rings. The van der Waals surface area contributed by atoms with E-state index in [4.69, 9.17) is 11.0 Å². The van der Waals surface area contributed by atoms with Gasteiger partial charge in [0.15, 0.2) is 28.5 Å². The number of hydrogen-bond donors (Lipinski definition) is 0. The fourth-order valence-electron chi connectivity index (χ4n) is 12.3. The first kappa shape index (κ1) is 42.7. The zero-order chi connectivity index (χ0) is 47.7. The van der Waals surface area contributed by atoms with Gasteiger partial charge in [0.1, 0.15) is 16.8 Å². The summed E-state index contributed by atoms with van der Waals surface area (Å²) in [6.07, 6.45) is 4.32. The van der Waals surface area contributed by atoms with Gasteiger partial charge in [0.25, 0.3) is 0 Å². The predicted octanol–water partition coefficient (Wildman–Crippen LogP) is 16.0. The maximum Gasteiger partial charge on any atom is 0.304 e. The van der Waals surface area contributed by atoms with Crippen LogP contribution in [0.15, 0.2) is 181 Å². The normalized spacial score (nSPS) is 15.8. The molecular formula is C65H59N3OSi+2. The average molecular weight is 926 g/mol. The van der Waals surface area contributed by atoms with Crippen molar-refractivity contribution in [3.05, 3.63) is 199 Å². The van der Waals surface area contributed by atoms with Crippen LogP contribution in [0.3, 0.4) is 0 Å². The van der Waals surface area contributed by atoms with Crippen molar-refractivity contribution in [1.29, 1.82) is 0 Å². The summed E-state index contributed by atoms with van der Waals surface area (Å²) in [5.74, 6) is 1.71. The Morgan fingerprint density at radius 2 is 1.36 bits per heavy atom. The second-order valence-corrected chi connectivity index (χ2v) is 26.8. The van der Waals surface area contributed by atoms with Crippen LogP contribution in [0.1, 0.15) is 80.2 Å². The molecule has 0 radical (unpaired) electrons. The third-order valence-electron chi connectivity index (χ3n) is 15.9. The third-order valence-corrected chi connectivity index (χ3v) is 17.9. The highest BCUT2D eigenvalue weighted by Gasteiger charge is 2.48. The van der Waals surface area contributed by atoms with Gasteiger partial charge in [-0.2, -0.15) is 13.7 Å². The summed E-state index contributed by atoms with van der Waals surface area (Å²) in [6.45, 7) is 22.2. The number of pyridine rings is 1. The quantitative estimate of drug-likeness (QED) is 0.0959. The molecule has 2 atom stereocenters. The van der Waals surface area contributed by atoms with Crippen molar-refractivity contribution in [2.45, 2.75) is 84.0 Å². The van der Waals surface area contributed by atoms with Crippen molar-refractivity contribution in [2.75, 3.05) is 0 Å². The van der Waals surface area contributed by atoms with Gasteiger partial charge in [-0.25, -0.2) is 0 Å². The lowest BCUT2D eigenvalue weighted by Gasteiger charge is -2.31. The van der Waals surface area contributed by atoms with Crippen LogP contribution in [0.5, 0.6) is 0 Å². The lowest BCUT2D eigenvalue weighted by Crippen LogP contribution is -2.56. The van der Waals surface area contributed by atoms with Gasteiger partial charge in [-0.3, -0.25) is 0 Å². The van der Waals surface area contributed by atoms with Crippen molar-refractivity contribution < 1.29 is 13.6 Å². The fraction of sp³-hybridized carbons (Fsp3) is 0.200. The minimum absolute atomic E-state index is 0.0575. The number of imidazole rings is 1. The van der Waals surface area contributed by atoms with Crippen LogP contribution < -0.4 is 14.3 Å². The summed E-state index contributed by atoms with van der Waals surface area (Å²) >= 11 is 0. The fourth-order valence-corrected chi connectivity index (χ4v) is 13.5. The maximum atomic E-state index is 7.48. The summed E-state index contributed by atoms with van der Waals surface area (Å²) in [5, 5.41) is 8.61. The van der Waals surface area contributed by atoms with E-state index in [1.54, 1.807) is 0 Å². The van der Waals surface area contributed by atoms with E-state index in [-0.39, 0.29) is 23.8 Å². The monoisotopic (exact) mass is 925 g/mol. The van der Waals surface area contributed by atoms with Gasteiger partial charge in [0, 0.05) is 38.7 Å². The Morgan fingerprint density at radius 3 is 2.14 bits per heavy atom. The largest absolute Gasteiger partial charge is 0.455 e. The molecule has 0 spiro atoms. The number of hydrogen-bond acceptors (Lipinski definition) is 1. The van der Waals surface area contributed by atoms with E-state index >= 15 is 0 Å². The third kappa shape index (κ3) is 6.40. The topological polar surface area (TPSA) is 25.8 Å². The Kier molecular flexibility index (Phi) is 9.67. The van der Waals surface area contributed by atoms with Crippen LogP contribution in [0.25, 0.3) is 99.7 Å². The maximum absolute atomic E-state index is 7.48. The molecule has 2 aliphatic rings. The smallest absolute Gasteiger partial charge is 0.304 e. The molecule has 13 rings (SSSR count). The van der Waals surface area contributed by atoms with Gasteiger partial charge in [-0.15, -0.1) is 0 Å². The summed E-state index contributed by atoms with van der Waals surface area (Å²) in [7, 11) is -1.72. The summed E-state index contributed by atoms with van der Waals surface area (Å²) in [4.78, 5) is 0. The molecule has 2 unspecified atom stereocenters. The Balaban J connectivity index is 1.19. The van der Waals surface area contributed by atoms with E-state index < -0.39 is 8.07 Å². The van der Waals surface area contributed by atoms with E-state index in [1.807, 2.05) is 0 Å². The molecule has 70 heavy (non-hydrogen) atoms. The Bertz CT molecular complexity index is 3950. The van der Waals surface area contributed by atoms with E-state index in [1.165, 1.54) is 77.1 Å².